The van der Waals surface area contributed by atoms with E-state index < -0.39 is 5.38 Å². The lowest BCUT2D eigenvalue weighted by atomic mass is 10.1. The summed E-state index contributed by atoms with van der Waals surface area (Å²) in [5, 5.41) is 2.90. The van der Waals surface area contributed by atoms with Gasteiger partial charge in [-0.1, -0.05) is 25.4 Å². The average Bonchev–Trinajstić information content (AvgIpc) is 2.20. The molecule has 0 fully saturated rings. The van der Waals surface area contributed by atoms with Gasteiger partial charge in [0.05, 0.1) is 0 Å². The molecule has 1 rings (SSSR count). The van der Waals surface area contributed by atoms with Gasteiger partial charge in [-0.3, -0.25) is 4.79 Å². The van der Waals surface area contributed by atoms with E-state index >= 15 is 0 Å². The molecule has 0 aliphatic heterocycles. The Labute approximate surface area is 106 Å². The third kappa shape index (κ3) is 4.42. The molecule has 4 heteroatoms. The lowest BCUT2D eigenvalue weighted by Gasteiger charge is -2.12. The molecule has 1 aromatic carbocycles. The van der Waals surface area contributed by atoms with E-state index in [1.54, 1.807) is 24.3 Å². The largest absolute Gasteiger partial charge is 0.325 e. The van der Waals surface area contributed by atoms with E-state index in [4.69, 9.17) is 23.2 Å². The Bertz CT molecular complexity index is 349. The zero-order chi connectivity index (χ0) is 12.1. The lowest BCUT2D eigenvalue weighted by Crippen LogP contribution is -2.24. The molecular weight excluding hydrogens is 245 g/mol. The molecule has 1 atom stereocenters. The van der Waals surface area contributed by atoms with Gasteiger partial charge in [0.25, 0.3) is 0 Å². The van der Waals surface area contributed by atoms with Crippen LogP contribution in [0.1, 0.15) is 20.3 Å². The minimum Gasteiger partial charge on any atom is -0.325 e. The average molecular weight is 260 g/mol. The normalized spacial score (nSPS) is 12.6. The van der Waals surface area contributed by atoms with E-state index in [0.717, 1.165) is 0 Å². The lowest BCUT2D eigenvalue weighted by molar-refractivity contribution is -0.116. The van der Waals surface area contributed by atoms with Crippen molar-refractivity contribution in [1.29, 1.82) is 0 Å². The van der Waals surface area contributed by atoms with Crippen molar-refractivity contribution in [2.75, 3.05) is 5.32 Å². The van der Waals surface area contributed by atoms with Gasteiger partial charge in [0, 0.05) is 10.7 Å². The van der Waals surface area contributed by atoms with Crippen LogP contribution >= 0.6 is 23.2 Å². The Kier molecular flexibility index (Phi) is 5.10. The number of hydrogen-bond acceptors (Lipinski definition) is 1. The van der Waals surface area contributed by atoms with Gasteiger partial charge in [-0.25, -0.2) is 0 Å². The van der Waals surface area contributed by atoms with Crippen LogP contribution in [-0.4, -0.2) is 11.3 Å². The highest BCUT2D eigenvalue weighted by atomic mass is 35.5. The van der Waals surface area contributed by atoms with Crippen molar-refractivity contribution in [2.24, 2.45) is 5.92 Å². The molecule has 0 heterocycles. The van der Waals surface area contributed by atoms with Gasteiger partial charge in [-0.15, -0.1) is 11.6 Å². The van der Waals surface area contributed by atoms with Gasteiger partial charge in [-0.2, -0.15) is 0 Å². The first-order chi connectivity index (χ1) is 7.49. The zero-order valence-electron chi connectivity index (χ0n) is 9.34. The maximum Gasteiger partial charge on any atom is 0.242 e. The Morgan fingerprint density at radius 2 is 1.88 bits per heavy atom. The number of halogens is 2. The maximum atomic E-state index is 11.7. The molecule has 16 heavy (non-hydrogen) atoms. The van der Waals surface area contributed by atoms with Crippen LogP contribution < -0.4 is 5.32 Å². The number of anilines is 1. The highest BCUT2D eigenvalue weighted by Crippen LogP contribution is 2.16. The van der Waals surface area contributed by atoms with E-state index in [1.165, 1.54) is 0 Å². The van der Waals surface area contributed by atoms with Crippen LogP contribution in [-0.2, 0) is 4.79 Å². The molecule has 0 aliphatic rings. The second kappa shape index (κ2) is 6.12. The van der Waals surface area contributed by atoms with Crippen LogP contribution in [0.4, 0.5) is 5.69 Å². The zero-order valence-corrected chi connectivity index (χ0v) is 10.8. The first-order valence-corrected chi connectivity index (χ1v) is 6.01. The topological polar surface area (TPSA) is 29.1 Å². The molecule has 2 nitrogen and oxygen atoms in total. The van der Waals surface area contributed by atoms with E-state index in [0.29, 0.717) is 23.0 Å². The highest BCUT2D eigenvalue weighted by Gasteiger charge is 2.16. The number of benzene rings is 1. The molecule has 0 saturated heterocycles. The second-order valence-electron chi connectivity index (χ2n) is 4.09. The predicted octanol–water partition coefficient (Wildman–Crippen LogP) is 3.93. The second-order valence-corrected chi connectivity index (χ2v) is 5.06. The molecule has 1 unspecified atom stereocenters. The number of rotatable bonds is 4. The molecule has 0 aliphatic carbocycles. The Hall–Kier alpha value is -0.730. The molecule has 0 bridgehead atoms. The van der Waals surface area contributed by atoms with Crippen LogP contribution in [0.2, 0.25) is 5.02 Å². The molecule has 0 aromatic heterocycles. The fraction of sp³-hybridized carbons (Fsp3) is 0.417. The van der Waals surface area contributed by atoms with Crippen LogP contribution in [0, 0.1) is 5.92 Å². The van der Waals surface area contributed by atoms with Crippen molar-refractivity contribution < 1.29 is 4.79 Å². The van der Waals surface area contributed by atoms with E-state index in [9.17, 15) is 4.79 Å². The van der Waals surface area contributed by atoms with Crippen LogP contribution in [0.5, 0.6) is 0 Å². The predicted molar refractivity (Wildman–Crippen MR) is 69.2 cm³/mol. The maximum absolute atomic E-state index is 11.7. The fourth-order valence-corrected chi connectivity index (χ4v) is 1.81. The van der Waals surface area contributed by atoms with E-state index in [-0.39, 0.29) is 5.91 Å². The number of alkyl halides is 1. The SMILES string of the molecule is CC(C)CC(Cl)C(=O)Nc1ccc(Cl)cc1. The van der Waals surface area contributed by atoms with Gasteiger partial charge in [-0.05, 0) is 36.6 Å². The number of hydrogen-bond donors (Lipinski definition) is 1. The van der Waals surface area contributed by atoms with Crippen molar-refractivity contribution in [3.8, 4) is 0 Å². The molecule has 0 spiro atoms. The number of carbonyl (C=O) groups is 1. The molecule has 1 N–H and O–H groups in total. The third-order valence-electron chi connectivity index (χ3n) is 2.07. The minimum atomic E-state index is -0.490. The summed E-state index contributed by atoms with van der Waals surface area (Å²) in [5.74, 6) is 0.233. The first-order valence-electron chi connectivity index (χ1n) is 5.19. The van der Waals surface area contributed by atoms with Crippen molar-refractivity contribution in [3.63, 3.8) is 0 Å². The molecular formula is C12H15Cl2NO. The number of carbonyl (C=O) groups excluding carboxylic acids is 1. The van der Waals surface area contributed by atoms with E-state index in [2.05, 4.69) is 5.32 Å². The van der Waals surface area contributed by atoms with Crippen molar-refractivity contribution in [2.45, 2.75) is 25.6 Å². The summed E-state index contributed by atoms with van der Waals surface area (Å²) >= 11 is 11.7. The van der Waals surface area contributed by atoms with Crippen LogP contribution in [0.25, 0.3) is 0 Å². The number of nitrogens with one attached hydrogen (secondary N) is 1. The summed E-state index contributed by atoms with van der Waals surface area (Å²) < 4.78 is 0. The van der Waals surface area contributed by atoms with Crippen LogP contribution in [0.15, 0.2) is 24.3 Å². The molecule has 1 amide bonds. The molecule has 1 aromatic rings. The Balaban J connectivity index is 2.54. The Morgan fingerprint density at radius 3 is 2.38 bits per heavy atom. The fourth-order valence-electron chi connectivity index (χ4n) is 1.27. The summed E-state index contributed by atoms with van der Waals surface area (Å²) in [6.45, 7) is 4.07. The smallest absolute Gasteiger partial charge is 0.242 e. The van der Waals surface area contributed by atoms with Gasteiger partial charge in [0.2, 0.25) is 5.91 Å². The summed E-state index contributed by atoms with van der Waals surface area (Å²) in [6, 6.07) is 6.95. The Morgan fingerprint density at radius 1 is 1.31 bits per heavy atom. The highest BCUT2D eigenvalue weighted by molar-refractivity contribution is 6.32. The standard InChI is InChI=1S/C12H15Cl2NO/c1-8(2)7-11(14)12(16)15-10-5-3-9(13)4-6-10/h3-6,8,11H,7H2,1-2H3,(H,15,16). The number of amides is 1. The minimum absolute atomic E-state index is 0.169. The van der Waals surface area contributed by atoms with Crippen molar-refractivity contribution in [3.05, 3.63) is 29.3 Å². The summed E-state index contributed by atoms with van der Waals surface area (Å²) in [6.07, 6.45) is 0.668. The summed E-state index contributed by atoms with van der Waals surface area (Å²) in [4.78, 5) is 11.7. The summed E-state index contributed by atoms with van der Waals surface area (Å²) in [5.41, 5.74) is 0.712. The third-order valence-corrected chi connectivity index (χ3v) is 2.70. The molecule has 0 saturated carbocycles. The summed E-state index contributed by atoms with van der Waals surface area (Å²) in [7, 11) is 0. The van der Waals surface area contributed by atoms with Gasteiger partial charge in [0.15, 0.2) is 0 Å². The van der Waals surface area contributed by atoms with Crippen LogP contribution in [0.3, 0.4) is 0 Å². The van der Waals surface area contributed by atoms with E-state index in [1.807, 2.05) is 13.8 Å². The van der Waals surface area contributed by atoms with Crippen molar-refractivity contribution >= 4 is 34.8 Å². The molecule has 88 valence electrons. The van der Waals surface area contributed by atoms with Gasteiger partial charge >= 0.3 is 0 Å². The first kappa shape index (κ1) is 13.3. The van der Waals surface area contributed by atoms with Gasteiger partial charge in [0.1, 0.15) is 5.38 Å². The van der Waals surface area contributed by atoms with Gasteiger partial charge < -0.3 is 5.32 Å². The van der Waals surface area contributed by atoms with Crippen molar-refractivity contribution in [1.82, 2.24) is 0 Å². The monoisotopic (exact) mass is 259 g/mol. The quantitative estimate of drug-likeness (QED) is 0.816. The molecule has 0 radical (unpaired) electrons.